The SMILES string of the molecule is CC1(CCCCc2ccc(O)cc2CCCCC2(C(=O)O)CC2)CC1. The largest absolute Gasteiger partial charge is 0.508 e. The van der Waals surface area contributed by atoms with Gasteiger partial charge in [0, 0.05) is 0 Å². The molecule has 1 aromatic carbocycles. The fraction of sp³-hybridized carbons (Fsp3) is 0.682. The summed E-state index contributed by atoms with van der Waals surface area (Å²) < 4.78 is 0. The number of unbranched alkanes of at least 4 members (excludes halogenated alkanes) is 2. The number of benzene rings is 1. The van der Waals surface area contributed by atoms with Crippen LogP contribution in [0.2, 0.25) is 0 Å². The molecule has 2 N–H and O–H groups in total. The third-order valence-electron chi connectivity index (χ3n) is 6.43. The zero-order chi connectivity index (χ0) is 17.9. The smallest absolute Gasteiger partial charge is 0.309 e. The van der Waals surface area contributed by atoms with E-state index in [1.165, 1.54) is 43.2 Å². The van der Waals surface area contributed by atoms with E-state index in [4.69, 9.17) is 0 Å². The molecule has 0 unspecified atom stereocenters. The van der Waals surface area contributed by atoms with E-state index in [1.807, 2.05) is 6.07 Å². The molecule has 3 nitrogen and oxygen atoms in total. The first-order valence-corrected chi connectivity index (χ1v) is 9.97. The van der Waals surface area contributed by atoms with Gasteiger partial charge >= 0.3 is 5.97 Å². The van der Waals surface area contributed by atoms with Gasteiger partial charge in [0.15, 0.2) is 0 Å². The molecule has 0 heterocycles. The van der Waals surface area contributed by atoms with Crippen LogP contribution in [0.25, 0.3) is 0 Å². The summed E-state index contributed by atoms with van der Waals surface area (Å²) in [4.78, 5) is 11.2. The lowest BCUT2D eigenvalue weighted by atomic mass is 9.93. The second-order valence-electron chi connectivity index (χ2n) is 8.76. The maximum absolute atomic E-state index is 11.2. The lowest BCUT2D eigenvalue weighted by Gasteiger charge is -2.13. The Morgan fingerprint density at radius 3 is 2.20 bits per heavy atom. The van der Waals surface area contributed by atoms with Gasteiger partial charge in [-0.05, 0) is 92.9 Å². The van der Waals surface area contributed by atoms with Gasteiger partial charge < -0.3 is 10.2 Å². The van der Waals surface area contributed by atoms with Crippen LogP contribution in [0.15, 0.2) is 18.2 Å². The van der Waals surface area contributed by atoms with E-state index in [2.05, 4.69) is 13.0 Å². The first-order chi connectivity index (χ1) is 11.9. The van der Waals surface area contributed by atoms with E-state index >= 15 is 0 Å². The van der Waals surface area contributed by atoms with Crippen LogP contribution in [-0.4, -0.2) is 16.2 Å². The number of phenolic OH excluding ortho intramolecular Hbond substituents is 1. The molecule has 0 saturated heterocycles. The van der Waals surface area contributed by atoms with Gasteiger partial charge in [0.1, 0.15) is 5.75 Å². The lowest BCUT2D eigenvalue weighted by molar-refractivity contribution is -0.143. The van der Waals surface area contributed by atoms with Crippen molar-refractivity contribution in [1.82, 2.24) is 0 Å². The standard InChI is InChI=1S/C22H32O3/c1-21(12-13-21)10-4-2-6-17-8-9-19(23)16-18(17)7-3-5-11-22(14-15-22)20(24)25/h8-9,16,23H,2-7,10-15H2,1H3,(H,24,25). The van der Waals surface area contributed by atoms with Crippen LogP contribution in [0.1, 0.15) is 82.3 Å². The Kier molecular flexibility index (Phi) is 5.41. The summed E-state index contributed by atoms with van der Waals surface area (Å²) in [5.74, 6) is -0.275. The van der Waals surface area contributed by atoms with Crippen molar-refractivity contribution in [3.63, 3.8) is 0 Å². The van der Waals surface area contributed by atoms with E-state index in [0.29, 0.717) is 11.2 Å². The molecule has 138 valence electrons. The summed E-state index contributed by atoms with van der Waals surface area (Å²) in [7, 11) is 0. The highest BCUT2D eigenvalue weighted by atomic mass is 16.4. The Hall–Kier alpha value is -1.51. The van der Waals surface area contributed by atoms with Gasteiger partial charge in [-0.15, -0.1) is 0 Å². The summed E-state index contributed by atoms with van der Waals surface area (Å²) in [5, 5.41) is 19.1. The molecular formula is C22H32O3. The van der Waals surface area contributed by atoms with Crippen molar-refractivity contribution in [3.8, 4) is 5.75 Å². The number of rotatable bonds is 11. The molecule has 0 spiro atoms. The van der Waals surface area contributed by atoms with Crippen molar-refractivity contribution in [2.24, 2.45) is 10.8 Å². The molecular weight excluding hydrogens is 312 g/mol. The van der Waals surface area contributed by atoms with Crippen LogP contribution in [0.5, 0.6) is 5.75 Å². The highest BCUT2D eigenvalue weighted by Crippen LogP contribution is 2.50. The zero-order valence-electron chi connectivity index (χ0n) is 15.5. The van der Waals surface area contributed by atoms with Crippen molar-refractivity contribution in [3.05, 3.63) is 29.3 Å². The number of hydrogen-bond donors (Lipinski definition) is 2. The van der Waals surface area contributed by atoms with Crippen LogP contribution in [0, 0.1) is 10.8 Å². The van der Waals surface area contributed by atoms with Crippen molar-refractivity contribution >= 4 is 5.97 Å². The van der Waals surface area contributed by atoms with Crippen LogP contribution < -0.4 is 0 Å². The molecule has 2 aliphatic carbocycles. The molecule has 0 radical (unpaired) electrons. The molecule has 0 aromatic heterocycles. The third-order valence-corrected chi connectivity index (χ3v) is 6.43. The van der Waals surface area contributed by atoms with Crippen molar-refractivity contribution < 1.29 is 15.0 Å². The highest BCUT2D eigenvalue weighted by molar-refractivity contribution is 5.77. The maximum Gasteiger partial charge on any atom is 0.309 e. The predicted molar refractivity (Wildman–Crippen MR) is 99.9 cm³/mol. The second-order valence-corrected chi connectivity index (χ2v) is 8.76. The molecule has 0 bridgehead atoms. The van der Waals surface area contributed by atoms with Gasteiger partial charge in [0.25, 0.3) is 0 Å². The monoisotopic (exact) mass is 344 g/mol. The molecule has 2 saturated carbocycles. The Morgan fingerprint density at radius 1 is 0.960 bits per heavy atom. The average Bonchev–Trinajstić information content (AvgIpc) is 3.48. The normalized spacial score (nSPS) is 19.6. The minimum atomic E-state index is -0.616. The highest BCUT2D eigenvalue weighted by Gasteiger charge is 2.49. The molecule has 2 fully saturated rings. The quantitative estimate of drug-likeness (QED) is 0.522. The van der Waals surface area contributed by atoms with E-state index in [0.717, 1.165) is 44.9 Å². The number of carbonyl (C=O) groups is 1. The molecule has 3 rings (SSSR count). The predicted octanol–water partition coefficient (Wildman–Crippen LogP) is 5.48. The number of hydrogen-bond acceptors (Lipinski definition) is 2. The van der Waals surface area contributed by atoms with Crippen LogP contribution in [0.3, 0.4) is 0 Å². The molecule has 1 aromatic rings. The number of carboxylic acids is 1. The lowest BCUT2D eigenvalue weighted by Crippen LogP contribution is -2.14. The van der Waals surface area contributed by atoms with Crippen LogP contribution in [0.4, 0.5) is 0 Å². The maximum atomic E-state index is 11.2. The van der Waals surface area contributed by atoms with Gasteiger partial charge in [-0.2, -0.15) is 0 Å². The summed E-state index contributed by atoms with van der Waals surface area (Å²) in [5.41, 5.74) is 2.84. The number of carboxylic acid groups (broad SMARTS) is 1. The summed E-state index contributed by atoms with van der Waals surface area (Å²) in [6.45, 7) is 2.39. The summed E-state index contributed by atoms with van der Waals surface area (Å²) >= 11 is 0. The van der Waals surface area contributed by atoms with E-state index < -0.39 is 11.4 Å². The van der Waals surface area contributed by atoms with Gasteiger partial charge in [0.2, 0.25) is 0 Å². The minimum absolute atomic E-state index is 0.341. The van der Waals surface area contributed by atoms with Crippen LogP contribution in [-0.2, 0) is 17.6 Å². The van der Waals surface area contributed by atoms with Crippen LogP contribution >= 0.6 is 0 Å². The first kappa shape index (κ1) is 18.3. The molecule has 2 aliphatic rings. The number of aryl methyl sites for hydroxylation is 2. The zero-order valence-corrected chi connectivity index (χ0v) is 15.5. The minimum Gasteiger partial charge on any atom is -0.508 e. The molecule has 0 amide bonds. The summed E-state index contributed by atoms with van der Waals surface area (Å²) in [6, 6.07) is 5.77. The topological polar surface area (TPSA) is 57.5 Å². The Balaban J connectivity index is 1.44. The van der Waals surface area contributed by atoms with Gasteiger partial charge in [-0.3, -0.25) is 4.79 Å². The Bertz CT molecular complexity index is 612. The fourth-order valence-electron chi connectivity index (χ4n) is 3.92. The number of aliphatic carboxylic acids is 1. The number of phenols is 1. The molecule has 0 aliphatic heterocycles. The average molecular weight is 344 g/mol. The molecule has 3 heteroatoms. The van der Waals surface area contributed by atoms with Gasteiger partial charge in [-0.1, -0.05) is 25.8 Å². The van der Waals surface area contributed by atoms with Gasteiger partial charge in [-0.25, -0.2) is 0 Å². The second kappa shape index (κ2) is 7.39. The van der Waals surface area contributed by atoms with E-state index in [-0.39, 0.29) is 0 Å². The first-order valence-electron chi connectivity index (χ1n) is 9.97. The van der Waals surface area contributed by atoms with Crippen molar-refractivity contribution in [2.75, 3.05) is 0 Å². The van der Waals surface area contributed by atoms with E-state index in [1.54, 1.807) is 6.07 Å². The van der Waals surface area contributed by atoms with Gasteiger partial charge in [0.05, 0.1) is 5.41 Å². The van der Waals surface area contributed by atoms with Crippen molar-refractivity contribution in [1.29, 1.82) is 0 Å². The molecule has 25 heavy (non-hydrogen) atoms. The third kappa shape index (κ3) is 4.99. The van der Waals surface area contributed by atoms with E-state index in [9.17, 15) is 15.0 Å². The Labute approximate surface area is 151 Å². The number of aromatic hydroxyl groups is 1. The Morgan fingerprint density at radius 2 is 1.60 bits per heavy atom. The molecule has 0 atom stereocenters. The summed E-state index contributed by atoms with van der Waals surface area (Å²) in [6.07, 6.45) is 13.1. The van der Waals surface area contributed by atoms with Crippen molar-refractivity contribution in [2.45, 2.75) is 84.0 Å². The fourth-order valence-corrected chi connectivity index (χ4v) is 3.92.